The second-order valence-electron chi connectivity index (χ2n) is 7.22. The number of sulfone groups is 1. The number of hydrogen-bond donors (Lipinski definition) is 1. The van der Waals surface area contributed by atoms with Crippen molar-refractivity contribution in [2.75, 3.05) is 26.0 Å². The summed E-state index contributed by atoms with van der Waals surface area (Å²) >= 11 is 0. The number of carboxylic acid groups (broad SMARTS) is 1. The molecule has 0 spiro atoms. The number of nitrogens with zero attached hydrogens (tertiary/aromatic N) is 1. The Kier molecular flexibility index (Phi) is 7.24. The average Bonchev–Trinajstić information content (AvgIpc) is 2.60. The number of unbranched alkanes of at least 4 members (excludes halogenated alkanes) is 1. The van der Waals surface area contributed by atoms with Crippen LogP contribution in [0.1, 0.15) is 32.6 Å². The van der Waals surface area contributed by atoms with E-state index in [0.29, 0.717) is 51.1 Å². The first-order chi connectivity index (χ1) is 12.7. The third-order valence-electron chi connectivity index (χ3n) is 4.67. The number of hydrogen-bond acceptors (Lipinski definition) is 5. The summed E-state index contributed by atoms with van der Waals surface area (Å²) in [6.45, 7) is 3.31. The van der Waals surface area contributed by atoms with E-state index >= 15 is 0 Å². The Morgan fingerprint density at radius 3 is 2.44 bits per heavy atom. The molecule has 1 N–H and O–H groups in total. The normalized spacial score (nSPS) is 20.3. The predicted octanol–water partition coefficient (Wildman–Crippen LogP) is 2.21. The number of piperidine rings is 1. The Morgan fingerprint density at radius 2 is 1.85 bits per heavy atom. The van der Waals surface area contributed by atoms with Crippen LogP contribution in [0.4, 0.5) is 0 Å². The molecule has 1 heterocycles. The van der Waals surface area contributed by atoms with Crippen molar-refractivity contribution in [1.82, 2.24) is 4.90 Å². The SMILES string of the molecule is CC1CC(C(=O)O)CN(C(=O)CCCCOc2ccc(S(C)(=O)=O)cc2)C1. The molecule has 27 heavy (non-hydrogen) atoms. The van der Waals surface area contributed by atoms with Gasteiger partial charge in [0.05, 0.1) is 17.4 Å². The predicted molar refractivity (Wildman–Crippen MR) is 100 cm³/mol. The first kappa shape index (κ1) is 21.2. The van der Waals surface area contributed by atoms with Crippen molar-refractivity contribution in [3.63, 3.8) is 0 Å². The van der Waals surface area contributed by atoms with E-state index in [4.69, 9.17) is 4.74 Å². The molecule has 150 valence electrons. The van der Waals surface area contributed by atoms with E-state index in [1.54, 1.807) is 17.0 Å². The minimum Gasteiger partial charge on any atom is -0.494 e. The van der Waals surface area contributed by atoms with E-state index in [1.165, 1.54) is 12.1 Å². The topological polar surface area (TPSA) is 101 Å². The fourth-order valence-electron chi connectivity index (χ4n) is 3.24. The van der Waals surface area contributed by atoms with Crippen molar-refractivity contribution in [2.45, 2.75) is 37.5 Å². The highest BCUT2D eigenvalue weighted by molar-refractivity contribution is 7.90. The largest absolute Gasteiger partial charge is 0.494 e. The Morgan fingerprint density at radius 1 is 1.19 bits per heavy atom. The molecule has 1 aliphatic rings. The monoisotopic (exact) mass is 397 g/mol. The molecule has 7 nitrogen and oxygen atoms in total. The molecule has 0 aromatic heterocycles. The third-order valence-corrected chi connectivity index (χ3v) is 5.80. The Labute approximate surface area is 160 Å². The summed E-state index contributed by atoms with van der Waals surface area (Å²) in [5, 5.41) is 9.18. The van der Waals surface area contributed by atoms with Crippen molar-refractivity contribution in [2.24, 2.45) is 11.8 Å². The van der Waals surface area contributed by atoms with E-state index < -0.39 is 21.7 Å². The molecule has 2 unspecified atom stereocenters. The van der Waals surface area contributed by atoms with Gasteiger partial charge < -0.3 is 14.7 Å². The van der Waals surface area contributed by atoms with E-state index in [2.05, 4.69) is 0 Å². The zero-order valence-electron chi connectivity index (χ0n) is 15.8. The van der Waals surface area contributed by atoms with Gasteiger partial charge in [-0.2, -0.15) is 0 Å². The van der Waals surface area contributed by atoms with Crippen LogP contribution in [0.2, 0.25) is 0 Å². The van der Waals surface area contributed by atoms with Crippen LogP contribution in [0.5, 0.6) is 5.75 Å². The van der Waals surface area contributed by atoms with Gasteiger partial charge in [0, 0.05) is 25.8 Å². The van der Waals surface area contributed by atoms with Crippen LogP contribution in [-0.2, 0) is 19.4 Å². The molecule has 0 radical (unpaired) electrons. The van der Waals surface area contributed by atoms with Crippen LogP contribution in [-0.4, -0.2) is 56.3 Å². The molecule has 1 aromatic carbocycles. The van der Waals surface area contributed by atoms with Crippen LogP contribution in [0, 0.1) is 11.8 Å². The average molecular weight is 397 g/mol. The molecule has 8 heteroatoms. The minimum atomic E-state index is -3.22. The Hall–Kier alpha value is -2.09. The van der Waals surface area contributed by atoms with E-state index in [-0.39, 0.29) is 16.7 Å². The highest BCUT2D eigenvalue weighted by atomic mass is 32.2. The quantitative estimate of drug-likeness (QED) is 0.675. The first-order valence-corrected chi connectivity index (χ1v) is 11.0. The molecule has 1 aromatic rings. The smallest absolute Gasteiger partial charge is 0.308 e. The van der Waals surface area contributed by atoms with Crippen LogP contribution >= 0.6 is 0 Å². The number of likely N-dealkylation sites (tertiary alicyclic amines) is 1. The molecule has 1 fully saturated rings. The van der Waals surface area contributed by atoms with Crippen molar-refractivity contribution >= 4 is 21.7 Å². The third kappa shape index (κ3) is 6.53. The Balaban J connectivity index is 1.70. The van der Waals surface area contributed by atoms with Gasteiger partial charge in [-0.15, -0.1) is 0 Å². The van der Waals surface area contributed by atoms with Gasteiger partial charge in [-0.3, -0.25) is 9.59 Å². The summed E-state index contributed by atoms with van der Waals surface area (Å²) < 4.78 is 28.4. The van der Waals surface area contributed by atoms with Gasteiger partial charge in [-0.25, -0.2) is 8.42 Å². The number of carbonyl (C=O) groups excluding carboxylic acids is 1. The molecule has 2 atom stereocenters. The van der Waals surface area contributed by atoms with Gasteiger partial charge in [0.2, 0.25) is 5.91 Å². The molecule has 1 amide bonds. The van der Waals surface area contributed by atoms with E-state index in [9.17, 15) is 23.1 Å². The zero-order valence-corrected chi connectivity index (χ0v) is 16.6. The number of ether oxygens (including phenoxy) is 1. The standard InChI is InChI=1S/C19H27NO6S/c1-14-11-15(19(22)23)13-20(12-14)18(21)5-3-4-10-26-16-6-8-17(9-7-16)27(2,24)25/h6-9,14-15H,3-5,10-13H2,1-2H3,(H,22,23). The van der Waals surface area contributed by atoms with Crippen molar-refractivity contribution in [3.05, 3.63) is 24.3 Å². The molecule has 1 aliphatic heterocycles. The highest BCUT2D eigenvalue weighted by Gasteiger charge is 2.31. The second kappa shape index (κ2) is 9.21. The van der Waals surface area contributed by atoms with Gasteiger partial charge in [0.1, 0.15) is 5.75 Å². The van der Waals surface area contributed by atoms with Crippen LogP contribution in [0.3, 0.4) is 0 Å². The summed E-state index contributed by atoms with van der Waals surface area (Å²) in [4.78, 5) is 25.4. The fourth-order valence-corrected chi connectivity index (χ4v) is 3.87. The van der Waals surface area contributed by atoms with E-state index in [0.717, 1.165) is 6.26 Å². The van der Waals surface area contributed by atoms with E-state index in [1.807, 2.05) is 6.92 Å². The lowest BCUT2D eigenvalue weighted by Gasteiger charge is -2.34. The van der Waals surface area contributed by atoms with Crippen LogP contribution in [0.15, 0.2) is 29.2 Å². The van der Waals surface area contributed by atoms with Crippen molar-refractivity contribution < 1.29 is 27.9 Å². The number of aliphatic carboxylic acids is 1. The number of carboxylic acids is 1. The number of benzene rings is 1. The number of carbonyl (C=O) groups is 2. The van der Waals surface area contributed by atoms with Crippen molar-refractivity contribution in [3.8, 4) is 5.75 Å². The lowest BCUT2D eigenvalue weighted by molar-refractivity contribution is -0.146. The van der Waals surface area contributed by atoms with Gasteiger partial charge in [-0.05, 0) is 49.4 Å². The summed E-state index contributed by atoms with van der Waals surface area (Å²) in [5.74, 6) is -0.541. The first-order valence-electron chi connectivity index (χ1n) is 9.10. The second-order valence-corrected chi connectivity index (χ2v) is 9.24. The molecule has 0 saturated carbocycles. The number of amides is 1. The minimum absolute atomic E-state index is 0.00898. The molecular formula is C19H27NO6S. The van der Waals surface area contributed by atoms with Gasteiger partial charge in [0.25, 0.3) is 0 Å². The summed E-state index contributed by atoms with van der Waals surface area (Å²) in [5.41, 5.74) is 0. The Bertz CT molecular complexity index is 759. The fraction of sp³-hybridized carbons (Fsp3) is 0.579. The molecule has 0 bridgehead atoms. The lowest BCUT2D eigenvalue weighted by atomic mass is 9.90. The molecule has 1 saturated heterocycles. The van der Waals surface area contributed by atoms with Crippen LogP contribution < -0.4 is 4.74 Å². The maximum absolute atomic E-state index is 12.3. The van der Waals surface area contributed by atoms with Gasteiger partial charge in [-0.1, -0.05) is 6.92 Å². The van der Waals surface area contributed by atoms with Gasteiger partial charge >= 0.3 is 5.97 Å². The zero-order chi connectivity index (χ0) is 20.0. The van der Waals surface area contributed by atoms with Gasteiger partial charge in [0.15, 0.2) is 9.84 Å². The summed E-state index contributed by atoms with van der Waals surface area (Å²) in [6, 6.07) is 6.24. The van der Waals surface area contributed by atoms with Crippen molar-refractivity contribution in [1.29, 1.82) is 0 Å². The maximum atomic E-state index is 12.3. The summed E-state index contributed by atoms with van der Waals surface area (Å²) in [7, 11) is -3.22. The summed E-state index contributed by atoms with van der Waals surface area (Å²) in [6.07, 6.45) is 3.48. The number of rotatable bonds is 8. The molecular weight excluding hydrogens is 370 g/mol. The molecule has 0 aliphatic carbocycles. The lowest BCUT2D eigenvalue weighted by Crippen LogP contribution is -2.45. The highest BCUT2D eigenvalue weighted by Crippen LogP contribution is 2.23. The molecule has 2 rings (SSSR count). The van der Waals surface area contributed by atoms with Crippen LogP contribution in [0.25, 0.3) is 0 Å². The maximum Gasteiger partial charge on any atom is 0.308 e.